The number of benzene rings is 1. The Morgan fingerprint density at radius 2 is 2.14 bits per heavy atom. The second kappa shape index (κ2) is 5.20. The van der Waals surface area contributed by atoms with Crippen LogP contribution < -0.4 is 4.74 Å². The highest BCUT2D eigenvalue weighted by Crippen LogP contribution is 2.24. The lowest BCUT2D eigenvalue weighted by Gasteiger charge is -2.12. The van der Waals surface area contributed by atoms with Gasteiger partial charge in [0.25, 0.3) is 0 Å². The van der Waals surface area contributed by atoms with E-state index in [0.29, 0.717) is 18.1 Å². The number of para-hydroxylation sites is 1. The third-order valence-corrected chi connectivity index (χ3v) is 2.04. The number of halogens is 2. The molecule has 0 saturated heterocycles. The fourth-order valence-electron chi connectivity index (χ4n) is 1.07. The predicted octanol–water partition coefficient (Wildman–Crippen LogP) is 3.60. The summed E-state index contributed by atoms with van der Waals surface area (Å²) in [5, 5.41) is 0. The minimum Gasteiger partial charge on any atom is -0.490 e. The summed E-state index contributed by atoms with van der Waals surface area (Å²) in [5.41, 5.74) is 0.701. The van der Waals surface area contributed by atoms with Crippen LogP contribution >= 0.6 is 11.6 Å². The highest BCUT2D eigenvalue weighted by Gasteiger charge is 2.09. The minimum absolute atomic E-state index is 0.269. The van der Waals surface area contributed by atoms with Crippen LogP contribution in [0.25, 0.3) is 0 Å². The molecular weight excluding hydrogens is 203 g/mol. The van der Waals surface area contributed by atoms with Gasteiger partial charge in [-0.05, 0) is 12.0 Å². The molecule has 3 heteroatoms. The molecule has 0 amide bonds. The molecule has 0 aliphatic heterocycles. The molecule has 0 spiro atoms. The summed E-state index contributed by atoms with van der Waals surface area (Å²) in [5.74, 6) is 0.586. The SMILES string of the molecule is CC(C)COc1c(F)cccc1CCl. The lowest BCUT2D eigenvalue weighted by Crippen LogP contribution is -2.07. The van der Waals surface area contributed by atoms with Gasteiger partial charge in [0.2, 0.25) is 0 Å². The summed E-state index contributed by atoms with van der Waals surface area (Å²) in [7, 11) is 0. The van der Waals surface area contributed by atoms with Gasteiger partial charge in [0.05, 0.1) is 12.5 Å². The lowest BCUT2D eigenvalue weighted by molar-refractivity contribution is 0.257. The van der Waals surface area contributed by atoms with Crippen LogP contribution in [-0.4, -0.2) is 6.61 Å². The predicted molar refractivity (Wildman–Crippen MR) is 56.3 cm³/mol. The Morgan fingerprint density at radius 3 is 2.71 bits per heavy atom. The Balaban J connectivity index is 2.82. The molecule has 0 atom stereocenters. The molecule has 0 bridgehead atoms. The van der Waals surface area contributed by atoms with Crippen molar-refractivity contribution in [1.82, 2.24) is 0 Å². The highest BCUT2D eigenvalue weighted by atomic mass is 35.5. The van der Waals surface area contributed by atoms with Gasteiger partial charge in [0.15, 0.2) is 11.6 Å². The number of alkyl halides is 1. The van der Waals surface area contributed by atoms with Crippen molar-refractivity contribution in [2.75, 3.05) is 6.61 Å². The number of rotatable bonds is 4. The van der Waals surface area contributed by atoms with Gasteiger partial charge in [-0.2, -0.15) is 0 Å². The van der Waals surface area contributed by atoms with Crippen molar-refractivity contribution in [2.45, 2.75) is 19.7 Å². The topological polar surface area (TPSA) is 9.23 Å². The third-order valence-electron chi connectivity index (χ3n) is 1.75. The average Bonchev–Trinajstić information content (AvgIpc) is 2.15. The summed E-state index contributed by atoms with van der Waals surface area (Å²) in [6.45, 7) is 4.53. The van der Waals surface area contributed by atoms with Crippen molar-refractivity contribution < 1.29 is 9.13 Å². The Morgan fingerprint density at radius 1 is 1.43 bits per heavy atom. The van der Waals surface area contributed by atoms with Crippen molar-refractivity contribution in [2.24, 2.45) is 5.92 Å². The molecule has 14 heavy (non-hydrogen) atoms. The molecular formula is C11H14ClFO. The normalized spacial score (nSPS) is 10.6. The number of hydrogen-bond acceptors (Lipinski definition) is 1. The number of hydrogen-bond donors (Lipinski definition) is 0. The second-order valence-corrected chi connectivity index (χ2v) is 3.83. The van der Waals surface area contributed by atoms with Gasteiger partial charge in [-0.15, -0.1) is 11.6 Å². The maximum absolute atomic E-state index is 13.3. The molecule has 78 valence electrons. The van der Waals surface area contributed by atoms with Crippen LogP contribution in [-0.2, 0) is 5.88 Å². The molecule has 1 rings (SSSR count). The fourth-order valence-corrected chi connectivity index (χ4v) is 1.28. The van der Waals surface area contributed by atoms with Gasteiger partial charge in [-0.25, -0.2) is 4.39 Å². The second-order valence-electron chi connectivity index (χ2n) is 3.57. The number of ether oxygens (including phenoxy) is 1. The van der Waals surface area contributed by atoms with Gasteiger partial charge in [-0.3, -0.25) is 0 Å². The van der Waals surface area contributed by atoms with Crippen LogP contribution in [0.15, 0.2) is 18.2 Å². The third kappa shape index (κ3) is 2.88. The van der Waals surface area contributed by atoms with Crippen molar-refractivity contribution in [3.63, 3.8) is 0 Å². The first-order chi connectivity index (χ1) is 6.65. The maximum atomic E-state index is 13.3. The van der Waals surface area contributed by atoms with E-state index in [1.807, 2.05) is 13.8 Å². The van der Waals surface area contributed by atoms with E-state index in [9.17, 15) is 4.39 Å². The quantitative estimate of drug-likeness (QED) is 0.699. The lowest BCUT2D eigenvalue weighted by atomic mass is 10.2. The molecule has 0 aromatic heterocycles. The van der Waals surface area contributed by atoms with E-state index in [1.54, 1.807) is 12.1 Å². The summed E-state index contributed by atoms with van der Waals surface area (Å²) in [4.78, 5) is 0. The first-order valence-electron chi connectivity index (χ1n) is 4.61. The van der Waals surface area contributed by atoms with E-state index in [-0.39, 0.29) is 17.4 Å². The van der Waals surface area contributed by atoms with Gasteiger partial charge in [0.1, 0.15) is 0 Å². The van der Waals surface area contributed by atoms with Gasteiger partial charge in [0, 0.05) is 5.56 Å². The minimum atomic E-state index is -0.344. The molecule has 0 unspecified atom stereocenters. The summed E-state index contributed by atoms with van der Waals surface area (Å²) in [6.07, 6.45) is 0. The Kier molecular flexibility index (Phi) is 4.21. The van der Waals surface area contributed by atoms with Crippen molar-refractivity contribution in [3.8, 4) is 5.75 Å². The van der Waals surface area contributed by atoms with Crippen LogP contribution in [0, 0.1) is 11.7 Å². The Hall–Kier alpha value is -0.760. The molecule has 1 aromatic carbocycles. The van der Waals surface area contributed by atoms with Crippen LogP contribution in [0.3, 0.4) is 0 Å². The molecule has 0 radical (unpaired) electrons. The van der Waals surface area contributed by atoms with Crippen molar-refractivity contribution in [3.05, 3.63) is 29.6 Å². The van der Waals surface area contributed by atoms with Crippen LogP contribution in [0.1, 0.15) is 19.4 Å². The summed E-state index contributed by atoms with van der Waals surface area (Å²) in [6, 6.07) is 4.78. The van der Waals surface area contributed by atoms with E-state index in [1.165, 1.54) is 6.07 Å². The largest absolute Gasteiger partial charge is 0.490 e. The van der Waals surface area contributed by atoms with Crippen LogP contribution in [0.4, 0.5) is 4.39 Å². The fraction of sp³-hybridized carbons (Fsp3) is 0.455. The monoisotopic (exact) mass is 216 g/mol. The molecule has 0 aliphatic rings. The molecule has 1 nitrogen and oxygen atoms in total. The first kappa shape index (κ1) is 11.3. The van der Waals surface area contributed by atoms with E-state index < -0.39 is 0 Å². The van der Waals surface area contributed by atoms with Crippen molar-refractivity contribution in [1.29, 1.82) is 0 Å². The van der Waals surface area contributed by atoms with Crippen LogP contribution in [0.2, 0.25) is 0 Å². The molecule has 0 heterocycles. The van der Waals surface area contributed by atoms with Gasteiger partial charge in [-0.1, -0.05) is 26.0 Å². The highest BCUT2D eigenvalue weighted by molar-refractivity contribution is 6.17. The van der Waals surface area contributed by atoms with Gasteiger partial charge >= 0.3 is 0 Å². The maximum Gasteiger partial charge on any atom is 0.165 e. The van der Waals surface area contributed by atoms with Crippen molar-refractivity contribution >= 4 is 11.6 Å². The zero-order valence-electron chi connectivity index (χ0n) is 8.39. The zero-order chi connectivity index (χ0) is 10.6. The summed E-state index contributed by atoms with van der Waals surface area (Å²) < 4.78 is 18.7. The summed E-state index contributed by atoms with van der Waals surface area (Å²) >= 11 is 5.67. The van der Waals surface area contributed by atoms with E-state index in [4.69, 9.17) is 16.3 Å². The molecule has 0 aliphatic carbocycles. The van der Waals surface area contributed by atoms with E-state index in [0.717, 1.165) is 0 Å². The van der Waals surface area contributed by atoms with Gasteiger partial charge < -0.3 is 4.74 Å². The average molecular weight is 217 g/mol. The molecule has 1 aromatic rings. The Labute approximate surface area is 88.8 Å². The zero-order valence-corrected chi connectivity index (χ0v) is 9.14. The molecule has 0 fully saturated rings. The first-order valence-corrected chi connectivity index (χ1v) is 5.14. The smallest absolute Gasteiger partial charge is 0.165 e. The molecule has 0 N–H and O–H groups in total. The Bertz CT molecular complexity index is 299. The standard InChI is InChI=1S/C11H14ClFO/c1-8(2)7-14-11-9(6-12)4-3-5-10(11)13/h3-5,8H,6-7H2,1-2H3. The van der Waals surface area contributed by atoms with E-state index >= 15 is 0 Å². The van der Waals surface area contributed by atoms with E-state index in [2.05, 4.69) is 0 Å². The van der Waals surface area contributed by atoms with Crippen LogP contribution in [0.5, 0.6) is 5.75 Å². The molecule has 0 saturated carbocycles.